The first-order valence-electron chi connectivity index (χ1n) is 9.68. The predicted octanol–water partition coefficient (Wildman–Crippen LogP) is 0.946. The van der Waals surface area contributed by atoms with E-state index in [1.807, 2.05) is 6.07 Å². The molecule has 4 rings (SSSR count). The molecule has 29 heavy (non-hydrogen) atoms. The Morgan fingerprint density at radius 1 is 0.966 bits per heavy atom. The summed E-state index contributed by atoms with van der Waals surface area (Å²) in [4.78, 5) is 11.1. The van der Waals surface area contributed by atoms with Crippen molar-refractivity contribution in [3.63, 3.8) is 0 Å². The molecule has 2 aromatic heterocycles. The lowest BCUT2D eigenvalue weighted by molar-refractivity contribution is 0.0730. The quantitative estimate of drug-likeness (QED) is 0.739. The van der Waals surface area contributed by atoms with E-state index in [1.54, 1.807) is 18.3 Å². The van der Waals surface area contributed by atoms with Gasteiger partial charge in [0.15, 0.2) is 0 Å². The van der Waals surface area contributed by atoms with Gasteiger partial charge in [-0.3, -0.25) is 0 Å². The van der Waals surface area contributed by atoms with Crippen molar-refractivity contribution in [2.45, 2.75) is 11.4 Å². The number of sulfonamides is 1. The zero-order chi connectivity index (χ0) is 20.1. The molecule has 2 saturated heterocycles. The summed E-state index contributed by atoms with van der Waals surface area (Å²) in [6.45, 7) is 5.26. The molecular weight excluding hydrogens is 394 g/mol. The molecule has 0 atom stereocenters. The van der Waals surface area contributed by atoms with E-state index in [-0.39, 0.29) is 4.90 Å². The number of morpholine rings is 2. The number of rotatable bonds is 6. The summed E-state index contributed by atoms with van der Waals surface area (Å²) >= 11 is 0. The summed E-state index contributed by atoms with van der Waals surface area (Å²) in [5, 5.41) is 3.24. The van der Waals surface area contributed by atoms with E-state index in [0.29, 0.717) is 51.9 Å². The molecule has 156 valence electrons. The topological polar surface area (TPSA) is 96.9 Å². The number of nitrogens with zero attached hydrogens (tertiary/aromatic N) is 4. The van der Waals surface area contributed by atoms with Gasteiger partial charge in [0.05, 0.1) is 26.4 Å². The monoisotopic (exact) mass is 419 g/mol. The Labute approximate surface area is 170 Å². The third-order valence-corrected chi connectivity index (χ3v) is 6.84. The number of pyridine rings is 2. The predicted molar refractivity (Wildman–Crippen MR) is 108 cm³/mol. The largest absolute Gasteiger partial charge is 0.379 e. The average Bonchev–Trinajstić information content (AvgIpc) is 2.79. The molecule has 2 fully saturated rings. The number of anilines is 2. The molecule has 4 heterocycles. The van der Waals surface area contributed by atoms with Gasteiger partial charge >= 0.3 is 0 Å². The first-order valence-corrected chi connectivity index (χ1v) is 11.1. The second-order valence-corrected chi connectivity index (χ2v) is 8.81. The van der Waals surface area contributed by atoms with E-state index < -0.39 is 10.0 Å². The van der Waals surface area contributed by atoms with Crippen molar-refractivity contribution in [2.75, 3.05) is 62.8 Å². The Bertz CT molecular complexity index is 910. The molecule has 1 N–H and O–H groups in total. The second-order valence-electron chi connectivity index (χ2n) is 6.87. The van der Waals surface area contributed by atoms with Gasteiger partial charge in [0, 0.05) is 45.1 Å². The van der Waals surface area contributed by atoms with Crippen LogP contribution in [0.15, 0.2) is 41.6 Å². The molecule has 10 heteroatoms. The lowest BCUT2D eigenvalue weighted by Gasteiger charge is -2.28. The maximum atomic E-state index is 12.7. The number of aromatic nitrogens is 2. The molecule has 2 aliphatic rings. The molecule has 0 spiro atoms. The summed E-state index contributed by atoms with van der Waals surface area (Å²) in [6.07, 6.45) is 3.20. The molecule has 0 radical (unpaired) electrons. The highest BCUT2D eigenvalue weighted by Crippen LogP contribution is 2.19. The van der Waals surface area contributed by atoms with E-state index in [9.17, 15) is 8.42 Å². The fraction of sp³-hybridized carbons (Fsp3) is 0.474. The van der Waals surface area contributed by atoms with Gasteiger partial charge in [-0.1, -0.05) is 0 Å². The van der Waals surface area contributed by atoms with Crippen LogP contribution in [0.1, 0.15) is 5.56 Å². The highest BCUT2D eigenvalue weighted by molar-refractivity contribution is 7.89. The Morgan fingerprint density at radius 2 is 1.69 bits per heavy atom. The van der Waals surface area contributed by atoms with Crippen LogP contribution in [-0.2, 0) is 26.0 Å². The summed E-state index contributed by atoms with van der Waals surface area (Å²) in [6, 6.07) is 7.28. The maximum absolute atomic E-state index is 12.7. The van der Waals surface area contributed by atoms with E-state index >= 15 is 0 Å². The van der Waals surface area contributed by atoms with Crippen LogP contribution in [0.4, 0.5) is 11.6 Å². The molecule has 0 saturated carbocycles. The third-order valence-electron chi connectivity index (χ3n) is 4.96. The summed E-state index contributed by atoms with van der Waals surface area (Å²) < 4.78 is 37.4. The Kier molecular flexibility index (Phi) is 6.24. The summed E-state index contributed by atoms with van der Waals surface area (Å²) in [5.74, 6) is 1.56. The average molecular weight is 420 g/mol. The van der Waals surface area contributed by atoms with Crippen LogP contribution in [0.25, 0.3) is 0 Å². The number of ether oxygens (including phenoxy) is 2. The standard InChI is InChI=1S/C19H25N5O4S/c25-29(26,24-7-11-28-12-8-24)17-1-2-18(22-15-17)21-14-16-3-4-20-19(13-16)23-5-9-27-10-6-23/h1-4,13,15H,5-12,14H2,(H,21,22). The lowest BCUT2D eigenvalue weighted by atomic mass is 10.2. The SMILES string of the molecule is O=S(=O)(c1ccc(NCc2ccnc(N3CCOCC3)c2)nc1)N1CCOCC1. The highest BCUT2D eigenvalue weighted by atomic mass is 32.2. The van der Waals surface area contributed by atoms with Gasteiger partial charge < -0.3 is 19.7 Å². The normalized spacial score (nSPS) is 18.6. The lowest BCUT2D eigenvalue weighted by Crippen LogP contribution is -2.40. The van der Waals surface area contributed by atoms with Crippen LogP contribution < -0.4 is 10.2 Å². The van der Waals surface area contributed by atoms with Crippen LogP contribution in [0.5, 0.6) is 0 Å². The minimum Gasteiger partial charge on any atom is -0.379 e. The van der Waals surface area contributed by atoms with Crippen LogP contribution in [0.2, 0.25) is 0 Å². The Morgan fingerprint density at radius 3 is 2.38 bits per heavy atom. The van der Waals surface area contributed by atoms with Crippen LogP contribution >= 0.6 is 0 Å². The van der Waals surface area contributed by atoms with Gasteiger partial charge in [0.1, 0.15) is 16.5 Å². The Hall–Kier alpha value is -2.27. The van der Waals surface area contributed by atoms with Crippen molar-refractivity contribution in [1.82, 2.24) is 14.3 Å². The summed E-state index contributed by atoms with van der Waals surface area (Å²) in [7, 11) is -3.52. The molecule has 0 bridgehead atoms. The van der Waals surface area contributed by atoms with Crippen LogP contribution in [-0.4, -0.2) is 75.3 Å². The molecule has 2 aromatic rings. The fourth-order valence-electron chi connectivity index (χ4n) is 3.30. The molecule has 0 aromatic carbocycles. The third kappa shape index (κ3) is 4.84. The van der Waals surface area contributed by atoms with Crippen molar-refractivity contribution >= 4 is 21.7 Å². The van der Waals surface area contributed by atoms with Crippen molar-refractivity contribution in [2.24, 2.45) is 0 Å². The number of hydrogen-bond acceptors (Lipinski definition) is 8. The highest BCUT2D eigenvalue weighted by Gasteiger charge is 2.26. The van der Waals surface area contributed by atoms with E-state index in [1.165, 1.54) is 10.5 Å². The van der Waals surface area contributed by atoms with Crippen molar-refractivity contribution in [3.8, 4) is 0 Å². The molecular formula is C19H25N5O4S. The fourth-order valence-corrected chi connectivity index (χ4v) is 4.66. The first kappa shape index (κ1) is 20.0. The summed E-state index contributed by atoms with van der Waals surface area (Å²) in [5.41, 5.74) is 1.08. The van der Waals surface area contributed by atoms with Crippen LogP contribution in [0.3, 0.4) is 0 Å². The zero-order valence-corrected chi connectivity index (χ0v) is 17.0. The molecule has 0 amide bonds. The van der Waals surface area contributed by atoms with Gasteiger partial charge in [0.2, 0.25) is 10.0 Å². The van der Waals surface area contributed by atoms with Crippen molar-refractivity contribution < 1.29 is 17.9 Å². The number of hydrogen-bond donors (Lipinski definition) is 1. The Balaban J connectivity index is 1.38. The van der Waals surface area contributed by atoms with Gasteiger partial charge in [-0.15, -0.1) is 0 Å². The number of nitrogens with one attached hydrogen (secondary N) is 1. The molecule has 9 nitrogen and oxygen atoms in total. The van der Waals surface area contributed by atoms with Crippen molar-refractivity contribution in [3.05, 3.63) is 42.2 Å². The van der Waals surface area contributed by atoms with Gasteiger partial charge in [-0.2, -0.15) is 4.31 Å². The molecule has 0 unspecified atom stereocenters. The smallest absolute Gasteiger partial charge is 0.244 e. The van der Waals surface area contributed by atoms with Gasteiger partial charge in [-0.25, -0.2) is 18.4 Å². The van der Waals surface area contributed by atoms with E-state index in [0.717, 1.165) is 24.5 Å². The second kappa shape index (κ2) is 9.04. The molecule has 0 aliphatic carbocycles. The minimum atomic E-state index is -3.52. The molecule has 2 aliphatic heterocycles. The van der Waals surface area contributed by atoms with Gasteiger partial charge in [0.25, 0.3) is 0 Å². The van der Waals surface area contributed by atoms with Crippen molar-refractivity contribution in [1.29, 1.82) is 0 Å². The minimum absolute atomic E-state index is 0.198. The zero-order valence-electron chi connectivity index (χ0n) is 16.2. The van der Waals surface area contributed by atoms with Gasteiger partial charge in [-0.05, 0) is 29.8 Å². The first-order chi connectivity index (χ1) is 14.1. The van der Waals surface area contributed by atoms with E-state index in [2.05, 4.69) is 26.3 Å². The van der Waals surface area contributed by atoms with Crippen LogP contribution in [0, 0.1) is 0 Å². The maximum Gasteiger partial charge on any atom is 0.244 e. The van der Waals surface area contributed by atoms with E-state index in [4.69, 9.17) is 9.47 Å².